The molecule has 2 aromatic rings. The van der Waals surface area contributed by atoms with E-state index in [4.69, 9.17) is 5.73 Å². The minimum Gasteiger partial charge on any atom is -0.366 e. The molecule has 1 amide bonds. The van der Waals surface area contributed by atoms with Crippen LogP contribution in [0.25, 0.3) is 11.1 Å². The van der Waals surface area contributed by atoms with E-state index in [2.05, 4.69) is 31.2 Å². The van der Waals surface area contributed by atoms with E-state index in [0.717, 1.165) is 12.0 Å². The molecule has 0 bridgehead atoms. The lowest BCUT2D eigenvalue weighted by atomic mass is 10.00. The van der Waals surface area contributed by atoms with Crippen LogP contribution in [0.5, 0.6) is 0 Å². The van der Waals surface area contributed by atoms with Gasteiger partial charge in [0.1, 0.15) is 0 Å². The van der Waals surface area contributed by atoms with Crippen LogP contribution in [0.3, 0.4) is 0 Å². The van der Waals surface area contributed by atoms with Crippen molar-refractivity contribution in [1.29, 1.82) is 0 Å². The second-order valence-corrected chi connectivity index (χ2v) is 6.16. The molecule has 0 atom stereocenters. The number of aryl methyl sites for hydroxylation is 1. The molecule has 0 aromatic heterocycles. The highest BCUT2D eigenvalue weighted by Gasteiger charge is 2.02. The minimum absolute atomic E-state index is 0.383. The van der Waals surface area contributed by atoms with Gasteiger partial charge in [-0.15, -0.1) is 0 Å². The molecule has 0 aliphatic heterocycles. The van der Waals surface area contributed by atoms with E-state index in [1.807, 2.05) is 12.1 Å². The van der Waals surface area contributed by atoms with E-state index >= 15 is 0 Å². The molecule has 2 rings (SSSR count). The Bertz CT molecular complexity index is 599. The van der Waals surface area contributed by atoms with Crippen molar-refractivity contribution >= 4 is 5.91 Å². The Hall–Kier alpha value is -2.09. The summed E-state index contributed by atoms with van der Waals surface area (Å²) in [5.41, 5.74) is 9.50. The molecule has 0 saturated heterocycles. The molecule has 0 heterocycles. The number of unbranched alkanes of at least 4 members (excludes halogenated alkanes) is 5. The number of amides is 1. The number of primary amides is 1. The third-order valence-electron chi connectivity index (χ3n) is 4.28. The molecule has 0 radical (unpaired) electrons. The first-order chi connectivity index (χ1) is 11.2. The Morgan fingerprint density at radius 2 is 1.30 bits per heavy atom. The number of benzene rings is 2. The van der Waals surface area contributed by atoms with Crippen LogP contribution in [-0.2, 0) is 6.42 Å². The van der Waals surface area contributed by atoms with E-state index in [9.17, 15) is 4.79 Å². The van der Waals surface area contributed by atoms with Gasteiger partial charge < -0.3 is 5.73 Å². The maximum atomic E-state index is 11.1. The van der Waals surface area contributed by atoms with Gasteiger partial charge in [0.05, 0.1) is 0 Å². The average molecular weight is 309 g/mol. The summed E-state index contributed by atoms with van der Waals surface area (Å²) in [4.78, 5) is 11.1. The van der Waals surface area contributed by atoms with Gasteiger partial charge in [0.15, 0.2) is 0 Å². The van der Waals surface area contributed by atoms with Gasteiger partial charge in [-0.2, -0.15) is 0 Å². The minimum atomic E-state index is -0.383. The molecule has 0 fully saturated rings. The zero-order valence-electron chi connectivity index (χ0n) is 14.1. The lowest BCUT2D eigenvalue weighted by Crippen LogP contribution is -2.10. The van der Waals surface area contributed by atoms with Gasteiger partial charge in [0.25, 0.3) is 0 Å². The van der Waals surface area contributed by atoms with E-state index in [0.29, 0.717) is 5.56 Å². The average Bonchev–Trinajstić information content (AvgIpc) is 2.58. The summed E-state index contributed by atoms with van der Waals surface area (Å²) in [5.74, 6) is -0.383. The van der Waals surface area contributed by atoms with Crippen molar-refractivity contribution in [3.63, 3.8) is 0 Å². The highest BCUT2D eigenvalue weighted by molar-refractivity contribution is 5.93. The maximum Gasteiger partial charge on any atom is 0.248 e. The fraction of sp³-hybridized carbons (Fsp3) is 0.381. The van der Waals surface area contributed by atoms with Gasteiger partial charge in [0.2, 0.25) is 5.91 Å². The normalized spacial score (nSPS) is 10.7. The zero-order chi connectivity index (χ0) is 16.5. The van der Waals surface area contributed by atoms with Crippen molar-refractivity contribution in [3.8, 4) is 11.1 Å². The third-order valence-corrected chi connectivity index (χ3v) is 4.28. The fourth-order valence-electron chi connectivity index (χ4n) is 2.80. The number of carbonyl (C=O) groups is 1. The first kappa shape index (κ1) is 17.3. The Kier molecular flexibility index (Phi) is 6.86. The monoisotopic (exact) mass is 309 g/mol. The molecule has 2 nitrogen and oxygen atoms in total. The lowest BCUT2D eigenvalue weighted by molar-refractivity contribution is 0.100. The van der Waals surface area contributed by atoms with Gasteiger partial charge >= 0.3 is 0 Å². The van der Waals surface area contributed by atoms with Crippen LogP contribution in [0.4, 0.5) is 0 Å². The second kappa shape index (κ2) is 9.14. The van der Waals surface area contributed by atoms with Gasteiger partial charge in [0, 0.05) is 5.56 Å². The SMILES string of the molecule is CCCCCCCCc1ccc(-c2ccc(C(N)=O)cc2)cc1. The summed E-state index contributed by atoms with van der Waals surface area (Å²) < 4.78 is 0. The molecule has 0 aliphatic rings. The first-order valence-electron chi connectivity index (χ1n) is 8.70. The van der Waals surface area contributed by atoms with E-state index in [-0.39, 0.29) is 5.91 Å². The number of nitrogens with two attached hydrogens (primary N) is 1. The molecule has 0 unspecified atom stereocenters. The van der Waals surface area contributed by atoms with Crippen LogP contribution in [0.1, 0.15) is 61.4 Å². The molecular formula is C21H27NO. The van der Waals surface area contributed by atoms with Crippen LogP contribution in [0.15, 0.2) is 48.5 Å². The number of hydrogen-bond donors (Lipinski definition) is 1. The van der Waals surface area contributed by atoms with Crippen molar-refractivity contribution < 1.29 is 4.79 Å². The molecule has 2 heteroatoms. The van der Waals surface area contributed by atoms with Crippen LogP contribution < -0.4 is 5.73 Å². The Balaban J connectivity index is 1.85. The topological polar surface area (TPSA) is 43.1 Å². The predicted molar refractivity (Wildman–Crippen MR) is 97.5 cm³/mol. The van der Waals surface area contributed by atoms with Crippen molar-refractivity contribution in [2.75, 3.05) is 0 Å². The van der Waals surface area contributed by atoms with Crippen LogP contribution >= 0.6 is 0 Å². The maximum absolute atomic E-state index is 11.1. The zero-order valence-corrected chi connectivity index (χ0v) is 14.1. The lowest BCUT2D eigenvalue weighted by Gasteiger charge is -2.06. The van der Waals surface area contributed by atoms with Gasteiger partial charge in [-0.05, 0) is 41.7 Å². The van der Waals surface area contributed by atoms with Crippen molar-refractivity contribution in [2.24, 2.45) is 5.73 Å². The van der Waals surface area contributed by atoms with Crippen molar-refractivity contribution in [1.82, 2.24) is 0 Å². The highest BCUT2D eigenvalue weighted by atomic mass is 16.1. The quantitative estimate of drug-likeness (QED) is 0.623. The van der Waals surface area contributed by atoms with Crippen LogP contribution in [0, 0.1) is 0 Å². The first-order valence-corrected chi connectivity index (χ1v) is 8.70. The number of hydrogen-bond acceptors (Lipinski definition) is 1. The van der Waals surface area contributed by atoms with Gasteiger partial charge in [-0.25, -0.2) is 0 Å². The van der Waals surface area contributed by atoms with Gasteiger partial charge in [-0.3, -0.25) is 4.79 Å². The molecule has 0 spiro atoms. The molecule has 2 aromatic carbocycles. The third kappa shape index (κ3) is 5.55. The van der Waals surface area contributed by atoms with Crippen molar-refractivity contribution in [2.45, 2.75) is 51.9 Å². The van der Waals surface area contributed by atoms with E-state index in [1.165, 1.54) is 49.7 Å². The smallest absolute Gasteiger partial charge is 0.248 e. The largest absolute Gasteiger partial charge is 0.366 e. The summed E-state index contributed by atoms with van der Waals surface area (Å²) in [7, 11) is 0. The Morgan fingerprint density at radius 3 is 1.87 bits per heavy atom. The molecule has 0 aliphatic carbocycles. The Labute approximate surface area is 139 Å². The number of rotatable bonds is 9. The molecular weight excluding hydrogens is 282 g/mol. The standard InChI is InChI=1S/C21H27NO/c1-2-3-4-5-6-7-8-17-9-11-18(12-10-17)19-13-15-20(16-14-19)21(22)23/h9-16H,2-8H2,1H3,(H2,22,23). The molecule has 0 saturated carbocycles. The van der Waals surface area contributed by atoms with Crippen molar-refractivity contribution in [3.05, 3.63) is 59.7 Å². The fourth-order valence-corrected chi connectivity index (χ4v) is 2.80. The predicted octanol–water partition coefficient (Wildman–Crippen LogP) is 5.36. The van der Waals surface area contributed by atoms with Gasteiger partial charge in [-0.1, -0.05) is 75.4 Å². The Morgan fingerprint density at radius 1 is 0.783 bits per heavy atom. The molecule has 122 valence electrons. The van der Waals surface area contributed by atoms with Crippen LogP contribution in [-0.4, -0.2) is 5.91 Å². The van der Waals surface area contributed by atoms with E-state index in [1.54, 1.807) is 12.1 Å². The van der Waals surface area contributed by atoms with E-state index < -0.39 is 0 Å². The molecule has 23 heavy (non-hydrogen) atoms. The summed E-state index contributed by atoms with van der Waals surface area (Å²) >= 11 is 0. The summed E-state index contributed by atoms with van der Waals surface area (Å²) in [5, 5.41) is 0. The summed E-state index contributed by atoms with van der Waals surface area (Å²) in [6, 6.07) is 16.2. The summed E-state index contributed by atoms with van der Waals surface area (Å²) in [6.45, 7) is 2.25. The summed E-state index contributed by atoms with van der Waals surface area (Å²) in [6.07, 6.45) is 9.17. The second-order valence-electron chi connectivity index (χ2n) is 6.16. The number of carbonyl (C=O) groups excluding carboxylic acids is 1. The van der Waals surface area contributed by atoms with Crippen LogP contribution in [0.2, 0.25) is 0 Å². The highest BCUT2D eigenvalue weighted by Crippen LogP contribution is 2.21. The molecule has 2 N–H and O–H groups in total.